The molecule has 0 aliphatic carbocycles. The van der Waals surface area contributed by atoms with Crippen LogP contribution in [0.15, 0.2) is 54.9 Å². The Bertz CT molecular complexity index is 1040. The highest BCUT2D eigenvalue weighted by Gasteiger charge is 2.13. The van der Waals surface area contributed by atoms with Crippen LogP contribution < -0.4 is 9.14 Å². The van der Waals surface area contributed by atoms with Gasteiger partial charge in [-0.15, -0.1) is 0 Å². The number of methoxy groups -OCH3 is 1. The maximum Gasteiger partial charge on any atom is 0.219 e. The zero-order chi connectivity index (χ0) is 15.3. The third kappa shape index (κ3) is 1.81. The molecule has 2 heterocycles. The van der Waals surface area contributed by atoms with E-state index in [2.05, 4.69) is 0 Å². The predicted octanol–water partition coefficient (Wildman–Crippen LogP) is 3.15. The fourth-order valence-corrected chi connectivity index (χ4v) is 2.87. The van der Waals surface area contributed by atoms with Crippen molar-refractivity contribution in [2.75, 3.05) is 7.11 Å². The fourth-order valence-electron chi connectivity index (χ4n) is 2.87. The Hall–Kier alpha value is -3.01. The van der Waals surface area contributed by atoms with E-state index in [-0.39, 0.29) is 11.5 Å². The first kappa shape index (κ1) is 12.7. The van der Waals surface area contributed by atoms with Crippen molar-refractivity contribution in [1.29, 1.82) is 0 Å². The maximum atomic E-state index is 10.0. The summed E-state index contributed by atoms with van der Waals surface area (Å²) in [5.41, 5.74) is 0.998. The van der Waals surface area contributed by atoms with E-state index in [9.17, 15) is 10.2 Å². The smallest absolute Gasteiger partial charge is 0.219 e. The number of aromatic nitrogens is 1. The summed E-state index contributed by atoms with van der Waals surface area (Å²) in [4.78, 5) is 0. The Morgan fingerprint density at radius 2 is 1.77 bits per heavy atom. The van der Waals surface area contributed by atoms with E-state index in [1.54, 1.807) is 13.2 Å². The summed E-state index contributed by atoms with van der Waals surface area (Å²) >= 11 is 0. The highest BCUT2D eigenvalue weighted by molar-refractivity contribution is 5.99. The zero-order valence-corrected chi connectivity index (χ0v) is 11.9. The van der Waals surface area contributed by atoms with E-state index in [4.69, 9.17) is 4.74 Å². The maximum absolute atomic E-state index is 10.0. The lowest BCUT2D eigenvalue weighted by Crippen LogP contribution is -2.20. The fraction of sp³-hybridized carbons (Fsp3) is 0.0556. The summed E-state index contributed by atoms with van der Waals surface area (Å²) in [5.74, 6) is 0.934. The number of hydrogen-bond donors (Lipinski definition) is 2. The van der Waals surface area contributed by atoms with E-state index in [0.717, 1.165) is 27.4 Å². The van der Waals surface area contributed by atoms with Gasteiger partial charge in [0.15, 0.2) is 12.4 Å². The monoisotopic (exact) mass is 292 g/mol. The van der Waals surface area contributed by atoms with Gasteiger partial charge in [-0.25, -0.2) is 0 Å². The number of benzene rings is 2. The molecule has 0 aliphatic heterocycles. The van der Waals surface area contributed by atoms with Crippen LogP contribution in [0.25, 0.3) is 27.1 Å². The third-order valence-electron chi connectivity index (χ3n) is 3.96. The van der Waals surface area contributed by atoms with Crippen LogP contribution in [0, 0.1) is 0 Å². The van der Waals surface area contributed by atoms with Crippen LogP contribution in [-0.4, -0.2) is 17.3 Å². The normalized spacial score (nSPS) is 11.3. The van der Waals surface area contributed by atoms with Crippen LogP contribution in [-0.2, 0) is 0 Å². The number of phenols is 2. The van der Waals surface area contributed by atoms with Crippen LogP contribution in [0.5, 0.6) is 17.2 Å². The van der Waals surface area contributed by atoms with Crippen LogP contribution >= 0.6 is 0 Å². The van der Waals surface area contributed by atoms with Crippen molar-refractivity contribution in [3.05, 3.63) is 54.9 Å². The second-order valence-electron chi connectivity index (χ2n) is 5.30. The van der Waals surface area contributed by atoms with Crippen LogP contribution in [0.2, 0.25) is 0 Å². The molecule has 4 aromatic rings. The molecule has 4 rings (SSSR count). The molecule has 0 saturated carbocycles. The SMILES string of the molecule is COc1ccc2c(cc[n+]3cc4c(O)cc(O)cc4cc23)c1. The van der Waals surface area contributed by atoms with Crippen molar-refractivity contribution >= 4 is 27.1 Å². The largest absolute Gasteiger partial charge is 0.508 e. The van der Waals surface area contributed by atoms with E-state index >= 15 is 0 Å². The Morgan fingerprint density at radius 1 is 0.909 bits per heavy atom. The Kier molecular flexibility index (Phi) is 2.60. The van der Waals surface area contributed by atoms with E-state index in [1.807, 2.05) is 47.1 Å². The Labute approximate surface area is 126 Å². The molecule has 4 heteroatoms. The van der Waals surface area contributed by atoms with Gasteiger partial charge in [0.05, 0.1) is 17.9 Å². The first-order valence-corrected chi connectivity index (χ1v) is 6.93. The van der Waals surface area contributed by atoms with Crippen molar-refractivity contribution in [2.24, 2.45) is 0 Å². The second kappa shape index (κ2) is 4.49. The van der Waals surface area contributed by atoms with Crippen molar-refractivity contribution < 1.29 is 19.4 Å². The lowest BCUT2D eigenvalue weighted by molar-refractivity contribution is -0.509. The van der Waals surface area contributed by atoms with Gasteiger partial charge in [0, 0.05) is 23.6 Å². The lowest BCUT2D eigenvalue weighted by Gasteiger charge is -2.05. The number of pyridine rings is 2. The van der Waals surface area contributed by atoms with Crippen molar-refractivity contribution in [3.63, 3.8) is 0 Å². The standard InChI is InChI=1S/C18H13NO3/c1-22-14-2-3-15-11(7-14)4-5-19-10-16-12(8-17(15)19)6-13(20)9-18(16)21/h2-10H,1H3,(H,20,21)/p+1. The number of ether oxygens (including phenoxy) is 1. The summed E-state index contributed by atoms with van der Waals surface area (Å²) in [6.07, 6.45) is 3.81. The number of nitrogens with zero attached hydrogens (tertiary/aromatic N) is 1. The molecule has 0 amide bonds. The van der Waals surface area contributed by atoms with E-state index in [1.165, 1.54) is 6.07 Å². The van der Waals surface area contributed by atoms with E-state index in [0.29, 0.717) is 5.39 Å². The average molecular weight is 292 g/mol. The molecule has 2 aromatic carbocycles. The van der Waals surface area contributed by atoms with Gasteiger partial charge in [-0.05, 0) is 29.7 Å². The molecule has 0 fully saturated rings. The molecule has 0 saturated heterocycles. The van der Waals surface area contributed by atoms with Gasteiger partial charge in [-0.3, -0.25) is 0 Å². The van der Waals surface area contributed by atoms with Gasteiger partial charge >= 0.3 is 0 Å². The van der Waals surface area contributed by atoms with Gasteiger partial charge in [0.2, 0.25) is 5.52 Å². The van der Waals surface area contributed by atoms with Gasteiger partial charge < -0.3 is 14.9 Å². The minimum Gasteiger partial charge on any atom is -0.508 e. The molecule has 0 atom stereocenters. The quantitative estimate of drug-likeness (QED) is 0.322. The molecule has 4 nitrogen and oxygen atoms in total. The van der Waals surface area contributed by atoms with Crippen molar-refractivity contribution in [3.8, 4) is 17.2 Å². The van der Waals surface area contributed by atoms with Crippen molar-refractivity contribution in [1.82, 2.24) is 0 Å². The number of fused-ring (bicyclic) bond motifs is 4. The molecule has 0 spiro atoms. The van der Waals surface area contributed by atoms with Crippen molar-refractivity contribution in [2.45, 2.75) is 0 Å². The number of hydrogen-bond acceptors (Lipinski definition) is 3. The minimum absolute atomic E-state index is 0.0521. The molecule has 0 bridgehead atoms. The molecular formula is C18H14NO3+. The molecule has 0 aliphatic rings. The van der Waals surface area contributed by atoms with E-state index < -0.39 is 0 Å². The summed E-state index contributed by atoms with van der Waals surface area (Å²) in [7, 11) is 1.65. The zero-order valence-electron chi connectivity index (χ0n) is 11.9. The molecule has 22 heavy (non-hydrogen) atoms. The summed E-state index contributed by atoms with van der Waals surface area (Å²) in [6, 6.07) is 12.9. The molecule has 2 N–H and O–H groups in total. The number of phenolic OH excluding ortho intramolecular Hbond substituents is 2. The van der Waals surface area contributed by atoms with Crippen LogP contribution in [0.4, 0.5) is 0 Å². The number of aromatic hydroxyl groups is 2. The molecule has 2 aromatic heterocycles. The number of rotatable bonds is 1. The highest BCUT2D eigenvalue weighted by atomic mass is 16.5. The van der Waals surface area contributed by atoms with Gasteiger partial charge in [-0.1, -0.05) is 0 Å². The Balaban J connectivity index is 2.14. The summed E-state index contributed by atoms with van der Waals surface area (Å²) < 4.78 is 7.23. The summed E-state index contributed by atoms with van der Waals surface area (Å²) in [5, 5.41) is 23.3. The molecule has 0 unspecified atom stereocenters. The van der Waals surface area contributed by atoms with Crippen LogP contribution in [0.1, 0.15) is 0 Å². The predicted molar refractivity (Wildman–Crippen MR) is 84.5 cm³/mol. The topological polar surface area (TPSA) is 53.8 Å². The first-order valence-electron chi connectivity index (χ1n) is 6.93. The molecule has 108 valence electrons. The highest BCUT2D eigenvalue weighted by Crippen LogP contribution is 2.31. The first-order chi connectivity index (χ1) is 10.7. The van der Waals surface area contributed by atoms with Gasteiger partial charge in [-0.2, -0.15) is 4.40 Å². The van der Waals surface area contributed by atoms with Gasteiger partial charge in [0.25, 0.3) is 0 Å². The second-order valence-corrected chi connectivity index (χ2v) is 5.30. The lowest BCUT2D eigenvalue weighted by atomic mass is 10.1. The molecule has 0 radical (unpaired) electrons. The average Bonchev–Trinajstić information content (AvgIpc) is 2.52. The summed E-state index contributed by atoms with van der Waals surface area (Å²) in [6.45, 7) is 0. The minimum atomic E-state index is 0.0521. The Morgan fingerprint density at radius 3 is 2.59 bits per heavy atom. The molecular weight excluding hydrogens is 278 g/mol. The third-order valence-corrected chi connectivity index (χ3v) is 3.96. The van der Waals surface area contributed by atoms with Crippen LogP contribution in [0.3, 0.4) is 0 Å². The van der Waals surface area contributed by atoms with Gasteiger partial charge in [0.1, 0.15) is 17.2 Å².